The summed E-state index contributed by atoms with van der Waals surface area (Å²) in [6.45, 7) is 3.65. The Morgan fingerprint density at radius 2 is 2.19 bits per heavy atom. The SMILES string of the molecule is CC(C)N1C(=O)COc2c(F)cc(Br)cc21. The Morgan fingerprint density at radius 1 is 1.50 bits per heavy atom. The summed E-state index contributed by atoms with van der Waals surface area (Å²) in [5.41, 5.74) is 0.484. The second-order valence-electron chi connectivity index (χ2n) is 3.88. The second-order valence-corrected chi connectivity index (χ2v) is 4.80. The van der Waals surface area contributed by atoms with Crippen LogP contribution in [0.5, 0.6) is 5.75 Å². The van der Waals surface area contributed by atoms with Gasteiger partial charge in [-0.05, 0) is 26.0 Å². The van der Waals surface area contributed by atoms with Crippen molar-refractivity contribution in [1.29, 1.82) is 0 Å². The van der Waals surface area contributed by atoms with Gasteiger partial charge in [0.2, 0.25) is 0 Å². The number of ether oxygens (including phenoxy) is 1. The fourth-order valence-electron chi connectivity index (χ4n) is 1.77. The van der Waals surface area contributed by atoms with Crippen LogP contribution in [0.25, 0.3) is 0 Å². The van der Waals surface area contributed by atoms with Crippen LogP contribution in [0.2, 0.25) is 0 Å². The predicted octanol–water partition coefficient (Wildman–Crippen LogP) is 2.72. The topological polar surface area (TPSA) is 29.5 Å². The molecule has 0 fully saturated rings. The molecule has 0 saturated heterocycles. The summed E-state index contributed by atoms with van der Waals surface area (Å²) >= 11 is 3.20. The van der Waals surface area contributed by atoms with Crippen LogP contribution in [0.1, 0.15) is 13.8 Å². The summed E-state index contributed by atoms with van der Waals surface area (Å²) in [6.07, 6.45) is 0. The minimum atomic E-state index is -0.456. The Labute approximate surface area is 101 Å². The number of hydrogen-bond acceptors (Lipinski definition) is 2. The van der Waals surface area contributed by atoms with Crippen LogP contribution in [-0.2, 0) is 4.79 Å². The van der Waals surface area contributed by atoms with Crippen molar-refractivity contribution in [2.75, 3.05) is 11.5 Å². The van der Waals surface area contributed by atoms with Gasteiger partial charge in [-0.3, -0.25) is 4.79 Å². The van der Waals surface area contributed by atoms with E-state index in [0.717, 1.165) is 0 Å². The lowest BCUT2D eigenvalue weighted by Gasteiger charge is -2.32. The van der Waals surface area contributed by atoms with Crippen LogP contribution < -0.4 is 9.64 Å². The zero-order chi connectivity index (χ0) is 11.9. The molecule has 1 aromatic carbocycles. The molecule has 86 valence electrons. The molecule has 0 atom stereocenters. The van der Waals surface area contributed by atoms with E-state index < -0.39 is 5.82 Å². The van der Waals surface area contributed by atoms with Crippen LogP contribution in [0, 0.1) is 5.82 Å². The van der Waals surface area contributed by atoms with E-state index in [-0.39, 0.29) is 24.3 Å². The molecule has 3 nitrogen and oxygen atoms in total. The van der Waals surface area contributed by atoms with Crippen LogP contribution in [0.4, 0.5) is 10.1 Å². The fraction of sp³-hybridized carbons (Fsp3) is 0.364. The number of hydrogen-bond donors (Lipinski definition) is 0. The lowest BCUT2D eigenvalue weighted by Crippen LogP contribution is -2.43. The van der Waals surface area contributed by atoms with Crippen molar-refractivity contribution in [1.82, 2.24) is 0 Å². The lowest BCUT2D eigenvalue weighted by atomic mass is 10.2. The smallest absolute Gasteiger partial charge is 0.265 e. The molecule has 5 heteroatoms. The first-order chi connectivity index (χ1) is 7.50. The molecule has 0 radical (unpaired) electrons. The van der Waals surface area contributed by atoms with Crippen LogP contribution in [0.3, 0.4) is 0 Å². The van der Waals surface area contributed by atoms with Gasteiger partial charge in [-0.2, -0.15) is 0 Å². The van der Waals surface area contributed by atoms with Gasteiger partial charge in [0.05, 0.1) is 5.69 Å². The molecule has 1 aliphatic rings. The summed E-state index contributed by atoms with van der Waals surface area (Å²) in [6, 6.07) is 2.99. The predicted molar refractivity (Wildman–Crippen MR) is 62.2 cm³/mol. The third kappa shape index (κ3) is 1.80. The third-order valence-electron chi connectivity index (χ3n) is 2.37. The zero-order valence-electron chi connectivity index (χ0n) is 8.96. The zero-order valence-corrected chi connectivity index (χ0v) is 10.5. The summed E-state index contributed by atoms with van der Waals surface area (Å²) < 4.78 is 19.3. The lowest BCUT2D eigenvalue weighted by molar-refractivity contribution is -0.121. The maximum atomic E-state index is 13.6. The van der Waals surface area contributed by atoms with Crippen molar-refractivity contribution in [3.8, 4) is 5.75 Å². The van der Waals surface area contributed by atoms with Gasteiger partial charge in [-0.25, -0.2) is 4.39 Å². The molecule has 0 saturated carbocycles. The number of amides is 1. The molecule has 0 unspecified atom stereocenters. The number of halogens is 2. The molecular weight excluding hydrogens is 277 g/mol. The van der Waals surface area contributed by atoms with Crippen molar-refractivity contribution in [3.05, 3.63) is 22.4 Å². The van der Waals surface area contributed by atoms with Crippen LogP contribution in [0.15, 0.2) is 16.6 Å². The van der Waals surface area contributed by atoms with Gasteiger partial charge in [0.25, 0.3) is 5.91 Å². The Hall–Kier alpha value is -1.10. The monoisotopic (exact) mass is 287 g/mol. The molecule has 0 bridgehead atoms. The summed E-state index contributed by atoms with van der Waals surface area (Å²) in [7, 11) is 0. The maximum Gasteiger partial charge on any atom is 0.265 e. The van der Waals surface area contributed by atoms with Crippen molar-refractivity contribution in [2.24, 2.45) is 0 Å². The first kappa shape index (κ1) is 11.4. The summed E-state index contributed by atoms with van der Waals surface area (Å²) in [4.78, 5) is 13.2. The summed E-state index contributed by atoms with van der Waals surface area (Å²) in [5.74, 6) is -0.459. The second kappa shape index (κ2) is 4.05. The Bertz CT molecular complexity index is 448. The minimum Gasteiger partial charge on any atom is -0.478 e. The van der Waals surface area contributed by atoms with E-state index in [9.17, 15) is 9.18 Å². The highest BCUT2D eigenvalue weighted by Gasteiger charge is 2.30. The van der Waals surface area contributed by atoms with Gasteiger partial charge in [-0.15, -0.1) is 0 Å². The summed E-state index contributed by atoms with van der Waals surface area (Å²) in [5, 5.41) is 0. The maximum absolute atomic E-state index is 13.6. The molecule has 0 aliphatic carbocycles. The fourth-order valence-corrected chi connectivity index (χ4v) is 2.19. The van der Waals surface area contributed by atoms with E-state index in [1.165, 1.54) is 6.07 Å². The number of benzene rings is 1. The number of nitrogens with zero attached hydrogens (tertiary/aromatic N) is 1. The van der Waals surface area contributed by atoms with Gasteiger partial charge in [0.15, 0.2) is 18.2 Å². The van der Waals surface area contributed by atoms with Crippen molar-refractivity contribution >= 4 is 27.5 Å². The Balaban J connectivity index is 2.58. The highest BCUT2D eigenvalue weighted by molar-refractivity contribution is 9.10. The van der Waals surface area contributed by atoms with Gasteiger partial charge in [0, 0.05) is 10.5 Å². The van der Waals surface area contributed by atoms with Crippen molar-refractivity contribution in [3.63, 3.8) is 0 Å². The quantitative estimate of drug-likeness (QED) is 0.795. The van der Waals surface area contributed by atoms with Crippen LogP contribution in [-0.4, -0.2) is 18.6 Å². The molecule has 0 aromatic heterocycles. The highest BCUT2D eigenvalue weighted by atomic mass is 79.9. The molecule has 1 heterocycles. The average Bonchev–Trinajstić information content (AvgIpc) is 2.15. The Morgan fingerprint density at radius 3 is 2.81 bits per heavy atom. The van der Waals surface area contributed by atoms with Crippen molar-refractivity contribution in [2.45, 2.75) is 19.9 Å². The third-order valence-corrected chi connectivity index (χ3v) is 2.83. The molecule has 0 N–H and O–H groups in total. The molecular formula is C11H11BrFNO2. The average molecular weight is 288 g/mol. The van der Waals surface area contributed by atoms with Gasteiger partial charge >= 0.3 is 0 Å². The molecule has 16 heavy (non-hydrogen) atoms. The number of carbonyl (C=O) groups excluding carboxylic acids is 1. The minimum absolute atomic E-state index is 0.0242. The number of rotatable bonds is 1. The number of carbonyl (C=O) groups is 1. The standard InChI is InChI=1S/C11H11BrFNO2/c1-6(2)14-9-4-7(12)3-8(13)11(9)16-5-10(14)15/h3-4,6H,5H2,1-2H3. The van der Waals surface area contributed by atoms with E-state index in [1.54, 1.807) is 11.0 Å². The normalized spacial score (nSPS) is 15.1. The molecule has 2 rings (SSSR count). The largest absolute Gasteiger partial charge is 0.478 e. The van der Waals surface area contributed by atoms with E-state index in [0.29, 0.717) is 10.2 Å². The Kier molecular flexibility index (Phi) is 2.88. The molecule has 0 spiro atoms. The number of anilines is 1. The van der Waals surface area contributed by atoms with Crippen LogP contribution >= 0.6 is 15.9 Å². The number of fused-ring (bicyclic) bond motifs is 1. The molecule has 1 aromatic rings. The van der Waals surface area contributed by atoms with E-state index in [1.807, 2.05) is 13.8 Å². The first-order valence-corrected chi connectivity index (χ1v) is 5.74. The molecule has 1 amide bonds. The van der Waals surface area contributed by atoms with E-state index in [2.05, 4.69) is 15.9 Å². The van der Waals surface area contributed by atoms with Gasteiger partial charge in [0.1, 0.15) is 0 Å². The van der Waals surface area contributed by atoms with Crippen molar-refractivity contribution < 1.29 is 13.9 Å². The van der Waals surface area contributed by atoms with Gasteiger partial charge in [-0.1, -0.05) is 15.9 Å². The van der Waals surface area contributed by atoms with E-state index >= 15 is 0 Å². The van der Waals surface area contributed by atoms with Gasteiger partial charge < -0.3 is 9.64 Å². The highest BCUT2D eigenvalue weighted by Crippen LogP contribution is 2.38. The molecule has 1 aliphatic heterocycles. The van der Waals surface area contributed by atoms with E-state index in [4.69, 9.17) is 4.74 Å². The first-order valence-electron chi connectivity index (χ1n) is 4.94.